The van der Waals surface area contributed by atoms with E-state index in [4.69, 9.17) is 4.74 Å². The van der Waals surface area contributed by atoms with Gasteiger partial charge in [0.2, 0.25) is 0 Å². The summed E-state index contributed by atoms with van der Waals surface area (Å²) in [5, 5.41) is 10.6. The number of benzene rings is 1. The number of rotatable bonds is 5. The summed E-state index contributed by atoms with van der Waals surface area (Å²) in [5.74, 6) is -0.239. The molecule has 0 unspecified atom stereocenters. The fourth-order valence-electron chi connectivity index (χ4n) is 2.07. The number of nitrogens with zero attached hydrogens (tertiary/aromatic N) is 3. The highest BCUT2D eigenvalue weighted by Gasteiger charge is 2.08. The number of aromatic nitrogens is 3. The predicted octanol–water partition coefficient (Wildman–Crippen LogP) is 2.31. The molecule has 22 heavy (non-hydrogen) atoms. The van der Waals surface area contributed by atoms with Crippen LogP contribution in [0.15, 0.2) is 48.7 Å². The van der Waals surface area contributed by atoms with E-state index in [-0.39, 0.29) is 12.5 Å². The molecule has 3 rings (SSSR count). The van der Waals surface area contributed by atoms with Crippen LogP contribution in [-0.4, -0.2) is 27.1 Å². The van der Waals surface area contributed by atoms with E-state index in [1.54, 1.807) is 10.6 Å². The number of aryl methyl sites for hydroxylation is 1. The maximum Gasteiger partial charge on any atom is 0.322 e. The molecule has 0 fully saturated rings. The third-order valence-electron chi connectivity index (χ3n) is 3.26. The molecule has 1 amide bonds. The molecule has 6 heteroatoms. The maximum absolute atomic E-state index is 11.9. The molecule has 0 aliphatic carbocycles. The van der Waals surface area contributed by atoms with Crippen molar-refractivity contribution in [2.45, 2.75) is 13.3 Å². The van der Waals surface area contributed by atoms with Gasteiger partial charge in [0, 0.05) is 11.9 Å². The first-order valence-electron chi connectivity index (χ1n) is 7.07. The predicted molar refractivity (Wildman–Crippen MR) is 82.9 cm³/mol. The van der Waals surface area contributed by atoms with E-state index in [1.165, 1.54) is 5.56 Å². The molecular formula is C16H16N4O2. The lowest BCUT2D eigenvalue weighted by Gasteiger charge is -2.06. The van der Waals surface area contributed by atoms with E-state index in [2.05, 4.69) is 22.4 Å². The van der Waals surface area contributed by atoms with Gasteiger partial charge < -0.3 is 10.1 Å². The largest absolute Gasteiger partial charge is 0.453 e. The molecule has 2 aromatic heterocycles. The fraction of sp³-hybridized carbons (Fsp3) is 0.188. The van der Waals surface area contributed by atoms with Crippen molar-refractivity contribution in [2.75, 3.05) is 11.9 Å². The molecular weight excluding hydrogens is 280 g/mol. The van der Waals surface area contributed by atoms with Gasteiger partial charge in [0.1, 0.15) is 0 Å². The zero-order valence-electron chi connectivity index (χ0n) is 12.2. The summed E-state index contributed by atoms with van der Waals surface area (Å²) in [4.78, 5) is 11.9. The Labute approximate surface area is 127 Å². The second-order valence-electron chi connectivity index (χ2n) is 4.80. The van der Waals surface area contributed by atoms with Crippen LogP contribution < -0.4 is 10.1 Å². The molecule has 0 saturated heterocycles. The number of anilines is 1. The van der Waals surface area contributed by atoms with Crippen molar-refractivity contribution < 1.29 is 9.53 Å². The molecule has 112 valence electrons. The Hall–Kier alpha value is -2.89. The van der Waals surface area contributed by atoms with E-state index >= 15 is 0 Å². The van der Waals surface area contributed by atoms with Crippen LogP contribution in [0.5, 0.6) is 6.01 Å². The van der Waals surface area contributed by atoms with Crippen LogP contribution in [0, 0.1) is 0 Å². The molecule has 0 radical (unpaired) electrons. The van der Waals surface area contributed by atoms with Gasteiger partial charge in [-0.1, -0.05) is 30.2 Å². The van der Waals surface area contributed by atoms with Crippen molar-refractivity contribution in [1.29, 1.82) is 0 Å². The first-order valence-corrected chi connectivity index (χ1v) is 7.07. The first-order chi connectivity index (χ1) is 10.8. The van der Waals surface area contributed by atoms with E-state index < -0.39 is 0 Å². The van der Waals surface area contributed by atoms with E-state index in [0.29, 0.717) is 11.7 Å². The Bertz CT molecular complexity index is 780. The molecule has 0 spiro atoms. The lowest BCUT2D eigenvalue weighted by atomic mass is 10.1. The van der Waals surface area contributed by atoms with Gasteiger partial charge in [-0.15, -0.1) is 5.10 Å². The zero-order valence-corrected chi connectivity index (χ0v) is 12.2. The van der Waals surface area contributed by atoms with Crippen molar-refractivity contribution in [3.05, 3.63) is 54.2 Å². The van der Waals surface area contributed by atoms with Crippen molar-refractivity contribution in [2.24, 2.45) is 0 Å². The first kappa shape index (κ1) is 14.1. The Morgan fingerprint density at radius 3 is 2.77 bits per heavy atom. The van der Waals surface area contributed by atoms with E-state index in [9.17, 15) is 4.79 Å². The van der Waals surface area contributed by atoms with Gasteiger partial charge in [0.05, 0.1) is 0 Å². The minimum Gasteiger partial charge on any atom is -0.453 e. The average Bonchev–Trinajstić information content (AvgIpc) is 2.97. The maximum atomic E-state index is 11.9. The second-order valence-corrected chi connectivity index (χ2v) is 4.80. The highest BCUT2D eigenvalue weighted by atomic mass is 16.5. The summed E-state index contributed by atoms with van der Waals surface area (Å²) in [6, 6.07) is 13.6. The standard InChI is InChI=1S/C16H16N4O2/c1-2-12-6-8-13(9-7-12)17-15(21)11-22-16-19-18-14-5-3-4-10-20(14)16/h3-10H,2,11H2,1H3,(H,17,21). The van der Waals surface area contributed by atoms with Crippen LogP contribution in [0.2, 0.25) is 0 Å². The molecule has 3 aromatic rings. The lowest BCUT2D eigenvalue weighted by Crippen LogP contribution is -2.20. The van der Waals surface area contributed by atoms with Gasteiger partial charge in [-0.25, -0.2) is 0 Å². The van der Waals surface area contributed by atoms with Crippen LogP contribution in [0.1, 0.15) is 12.5 Å². The van der Waals surface area contributed by atoms with Crippen LogP contribution in [0.3, 0.4) is 0 Å². The fourth-order valence-corrected chi connectivity index (χ4v) is 2.07. The monoisotopic (exact) mass is 296 g/mol. The van der Waals surface area contributed by atoms with Gasteiger partial charge in [0.25, 0.3) is 5.91 Å². The smallest absolute Gasteiger partial charge is 0.322 e. The molecule has 0 aliphatic heterocycles. The highest BCUT2D eigenvalue weighted by Crippen LogP contribution is 2.11. The number of carbonyl (C=O) groups is 1. The van der Waals surface area contributed by atoms with Gasteiger partial charge in [-0.3, -0.25) is 9.20 Å². The van der Waals surface area contributed by atoms with Crippen LogP contribution in [0.4, 0.5) is 5.69 Å². The number of amides is 1. The van der Waals surface area contributed by atoms with Crippen molar-refractivity contribution in [1.82, 2.24) is 14.6 Å². The van der Waals surface area contributed by atoms with Gasteiger partial charge in [-0.2, -0.15) is 0 Å². The molecule has 2 heterocycles. The SMILES string of the molecule is CCc1ccc(NC(=O)COc2nnc3ccccn23)cc1. The summed E-state index contributed by atoms with van der Waals surface area (Å²) in [6.07, 6.45) is 2.75. The summed E-state index contributed by atoms with van der Waals surface area (Å²) in [7, 11) is 0. The minimum atomic E-state index is -0.239. The molecule has 1 N–H and O–H groups in total. The van der Waals surface area contributed by atoms with E-state index in [1.807, 2.05) is 42.5 Å². The normalized spacial score (nSPS) is 10.6. The topological polar surface area (TPSA) is 68.5 Å². The molecule has 0 saturated carbocycles. The Morgan fingerprint density at radius 1 is 1.18 bits per heavy atom. The summed E-state index contributed by atoms with van der Waals surface area (Å²) in [6.45, 7) is 1.97. The number of fused-ring (bicyclic) bond motifs is 1. The number of nitrogens with one attached hydrogen (secondary N) is 1. The van der Waals surface area contributed by atoms with Crippen molar-refractivity contribution >= 4 is 17.2 Å². The average molecular weight is 296 g/mol. The van der Waals surface area contributed by atoms with Crippen LogP contribution in [-0.2, 0) is 11.2 Å². The van der Waals surface area contributed by atoms with Crippen LogP contribution >= 0.6 is 0 Å². The van der Waals surface area contributed by atoms with Crippen molar-refractivity contribution in [3.8, 4) is 6.01 Å². The minimum absolute atomic E-state index is 0.120. The third-order valence-corrected chi connectivity index (χ3v) is 3.26. The summed E-state index contributed by atoms with van der Waals surface area (Å²) >= 11 is 0. The zero-order chi connectivity index (χ0) is 15.4. The Kier molecular flexibility index (Phi) is 4.00. The third kappa shape index (κ3) is 3.06. The molecule has 0 bridgehead atoms. The molecule has 1 aromatic carbocycles. The molecule has 0 aliphatic rings. The molecule has 0 atom stereocenters. The number of hydrogen-bond donors (Lipinski definition) is 1. The number of carbonyl (C=O) groups excluding carboxylic acids is 1. The highest BCUT2D eigenvalue weighted by molar-refractivity contribution is 5.91. The Morgan fingerprint density at radius 2 is 2.00 bits per heavy atom. The van der Waals surface area contributed by atoms with Gasteiger partial charge in [0.15, 0.2) is 12.3 Å². The van der Waals surface area contributed by atoms with Crippen LogP contribution in [0.25, 0.3) is 5.65 Å². The lowest BCUT2D eigenvalue weighted by molar-refractivity contribution is -0.118. The summed E-state index contributed by atoms with van der Waals surface area (Å²) in [5.41, 5.74) is 2.65. The van der Waals surface area contributed by atoms with E-state index in [0.717, 1.165) is 12.1 Å². The quantitative estimate of drug-likeness (QED) is 0.784. The Balaban J connectivity index is 1.60. The van der Waals surface area contributed by atoms with Gasteiger partial charge >= 0.3 is 6.01 Å². The summed E-state index contributed by atoms with van der Waals surface area (Å²) < 4.78 is 7.10. The number of hydrogen-bond acceptors (Lipinski definition) is 4. The molecule has 6 nitrogen and oxygen atoms in total. The number of ether oxygens (including phenoxy) is 1. The van der Waals surface area contributed by atoms with Gasteiger partial charge in [-0.05, 0) is 36.2 Å². The second kappa shape index (κ2) is 6.26. The van der Waals surface area contributed by atoms with Crippen molar-refractivity contribution in [3.63, 3.8) is 0 Å². The number of pyridine rings is 1.